The van der Waals surface area contributed by atoms with Gasteiger partial charge >= 0.3 is 5.69 Å². The number of halogens is 1. The van der Waals surface area contributed by atoms with Crippen molar-refractivity contribution < 1.29 is 23.7 Å². The predicted molar refractivity (Wildman–Crippen MR) is 140 cm³/mol. The van der Waals surface area contributed by atoms with E-state index >= 15 is 0 Å². The minimum absolute atomic E-state index is 0.313. The first-order valence-corrected chi connectivity index (χ1v) is 14.6. The highest BCUT2D eigenvalue weighted by molar-refractivity contribution is 5.00. The Balaban J connectivity index is 1.68. The Morgan fingerprint density at radius 3 is 1.92 bits per heavy atom. The smallest absolute Gasteiger partial charge is 0.330 e. The van der Waals surface area contributed by atoms with E-state index in [1.165, 1.54) is 64.2 Å². The van der Waals surface area contributed by atoms with Crippen molar-refractivity contribution in [1.29, 1.82) is 0 Å². The Morgan fingerprint density at radius 1 is 0.865 bits per heavy atom. The second-order valence-corrected chi connectivity index (χ2v) is 10.7. The lowest BCUT2D eigenvalue weighted by Crippen LogP contribution is -2.39. The van der Waals surface area contributed by atoms with Gasteiger partial charge < -0.3 is 19.3 Å². The maximum absolute atomic E-state index is 14.0. The van der Waals surface area contributed by atoms with Gasteiger partial charge in [0.05, 0.1) is 12.8 Å². The summed E-state index contributed by atoms with van der Waals surface area (Å²) in [5.74, 6) is -1.90. The normalized spacial score (nSPS) is 24.5. The number of hydrogen-bond donors (Lipinski definition) is 2. The molecule has 1 aromatic rings. The van der Waals surface area contributed by atoms with Crippen LogP contribution in [0.4, 0.5) is 4.39 Å². The molecule has 0 aliphatic carbocycles. The second-order valence-electron chi connectivity index (χ2n) is 10.7. The fourth-order valence-corrected chi connectivity index (χ4v) is 5.58. The van der Waals surface area contributed by atoms with Gasteiger partial charge in [0.2, 0.25) is 5.82 Å². The summed E-state index contributed by atoms with van der Waals surface area (Å²) in [4.78, 5) is 26.0. The molecule has 2 N–H and O–H groups in total. The molecule has 0 aromatic carbocycles. The molecule has 2 fully saturated rings. The highest BCUT2D eigenvalue weighted by Gasteiger charge is 2.58. The fraction of sp³-hybridized carbons (Fsp3) is 0.857. The molecule has 212 valence electrons. The Hall–Kier alpha value is -1.55. The number of aliphatic hydroxyl groups is 1. The molecule has 0 radical (unpaired) electrons. The molecule has 2 saturated heterocycles. The fourth-order valence-electron chi connectivity index (χ4n) is 5.58. The summed E-state index contributed by atoms with van der Waals surface area (Å²) >= 11 is 0. The van der Waals surface area contributed by atoms with Crippen molar-refractivity contribution in [3.05, 3.63) is 32.9 Å². The number of H-pyrrole nitrogens is 1. The van der Waals surface area contributed by atoms with E-state index in [0.29, 0.717) is 0 Å². The molecular weight excluding hydrogens is 479 g/mol. The SMILES string of the molecule is CCCCCCCCCC1(CCCCCCCCC)O[C@@H]2[C@H](O1)[C@@H](CO)O[C@H]2n1cc(F)c(=O)[nH]c1=O. The summed E-state index contributed by atoms with van der Waals surface area (Å²) in [5.41, 5.74) is -1.86. The number of aromatic nitrogens is 2. The van der Waals surface area contributed by atoms with Crippen LogP contribution < -0.4 is 11.2 Å². The first-order chi connectivity index (χ1) is 17.9. The van der Waals surface area contributed by atoms with E-state index in [1.807, 2.05) is 4.98 Å². The summed E-state index contributed by atoms with van der Waals surface area (Å²) < 4.78 is 34.0. The number of fused-ring (bicyclic) bond motifs is 1. The molecule has 2 aliphatic heterocycles. The van der Waals surface area contributed by atoms with Crippen molar-refractivity contribution in [3.8, 4) is 0 Å². The minimum atomic E-state index is -1.08. The third kappa shape index (κ3) is 8.22. The van der Waals surface area contributed by atoms with E-state index in [-0.39, 0.29) is 6.61 Å². The van der Waals surface area contributed by atoms with Gasteiger partial charge in [-0.05, 0) is 12.8 Å². The van der Waals surface area contributed by atoms with E-state index in [0.717, 1.165) is 49.3 Å². The van der Waals surface area contributed by atoms with Crippen LogP contribution in [0.1, 0.15) is 123 Å². The zero-order chi connectivity index (χ0) is 26.7. The lowest BCUT2D eigenvalue weighted by Gasteiger charge is -2.31. The summed E-state index contributed by atoms with van der Waals surface area (Å²) in [6.07, 6.45) is 15.8. The van der Waals surface area contributed by atoms with Crippen LogP contribution in [0.25, 0.3) is 0 Å². The van der Waals surface area contributed by atoms with Gasteiger partial charge in [-0.25, -0.2) is 4.79 Å². The van der Waals surface area contributed by atoms with E-state index in [1.54, 1.807) is 0 Å². The van der Waals surface area contributed by atoms with Crippen LogP contribution in [0, 0.1) is 5.82 Å². The Labute approximate surface area is 219 Å². The molecule has 2 aliphatic rings. The number of aliphatic hydroxyl groups excluding tert-OH is 1. The third-order valence-electron chi connectivity index (χ3n) is 7.69. The minimum Gasteiger partial charge on any atom is -0.394 e. The van der Waals surface area contributed by atoms with Crippen molar-refractivity contribution in [2.45, 2.75) is 147 Å². The van der Waals surface area contributed by atoms with E-state index in [9.17, 15) is 19.1 Å². The van der Waals surface area contributed by atoms with Gasteiger partial charge in [0, 0.05) is 12.8 Å². The molecule has 8 nitrogen and oxygen atoms in total. The quantitative estimate of drug-likeness (QED) is 0.251. The molecule has 1 aromatic heterocycles. The average Bonchev–Trinajstić information content (AvgIpc) is 3.41. The van der Waals surface area contributed by atoms with E-state index < -0.39 is 47.4 Å². The Kier molecular flexibility index (Phi) is 12.3. The van der Waals surface area contributed by atoms with Crippen LogP contribution in [-0.2, 0) is 14.2 Å². The number of hydrogen-bond acceptors (Lipinski definition) is 6. The zero-order valence-corrected chi connectivity index (χ0v) is 22.7. The van der Waals surface area contributed by atoms with Crippen LogP contribution in [0.15, 0.2) is 15.8 Å². The van der Waals surface area contributed by atoms with Crippen molar-refractivity contribution in [3.63, 3.8) is 0 Å². The topological polar surface area (TPSA) is 103 Å². The van der Waals surface area contributed by atoms with Crippen LogP contribution in [0.3, 0.4) is 0 Å². The number of ether oxygens (including phenoxy) is 3. The molecule has 0 unspecified atom stereocenters. The van der Waals surface area contributed by atoms with Gasteiger partial charge in [0.15, 0.2) is 12.0 Å². The lowest BCUT2D eigenvalue weighted by molar-refractivity contribution is -0.228. The molecule has 3 heterocycles. The van der Waals surface area contributed by atoms with Gasteiger partial charge in [-0.3, -0.25) is 14.3 Å². The molecule has 3 rings (SSSR count). The number of rotatable bonds is 18. The maximum atomic E-state index is 14.0. The number of nitrogens with zero attached hydrogens (tertiary/aromatic N) is 1. The Bertz CT molecular complexity index is 901. The van der Waals surface area contributed by atoms with Crippen LogP contribution >= 0.6 is 0 Å². The second kappa shape index (κ2) is 15.1. The monoisotopic (exact) mass is 526 g/mol. The Morgan fingerprint density at radius 2 is 1.38 bits per heavy atom. The first kappa shape index (κ1) is 30.0. The van der Waals surface area contributed by atoms with Crippen LogP contribution in [0.5, 0.6) is 0 Å². The van der Waals surface area contributed by atoms with Gasteiger partial charge in [-0.2, -0.15) is 4.39 Å². The highest BCUT2D eigenvalue weighted by atomic mass is 19.1. The molecule has 0 saturated carbocycles. The highest BCUT2D eigenvalue weighted by Crippen LogP contribution is 2.46. The molecule has 0 bridgehead atoms. The third-order valence-corrected chi connectivity index (χ3v) is 7.69. The zero-order valence-electron chi connectivity index (χ0n) is 22.7. The molecule has 0 amide bonds. The van der Waals surface area contributed by atoms with E-state index in [2.05, 4.69) is 13.8 Å². The summed E-state index contributed by atoms with van der Waals surface area (Å²) in [6, 6.07) is 0. The van der Waals surface area contributed by atoms with Gasteiger partial charge in [0.25, 0.3) is 5.56 Å². The average molecular weight is 527 g/mol. The summed E-state index contributed by atoms with van der Waals surface area (Å²) in [5, 5.41) is 9.97. The van der Waals surface area contributed by atoms with Crippen molar-refractivity contribution in [2.24, 2.45) is 0 Å². The van der Waals surface area contributed by atoms with Crippen molar-refractivity contribution >= 4 is 0 Å². The number of aromatic amines is 1. The summed E-state index contributed by atoms with van der Waals surface area (Å²) in [6.45, 7) is 4.11. The van der Waals surface area contributed by atoms with Crippen molar-refractivity contribution in [2.75, 3.05) is 6.61 Å². The van der Waals surface area contributed by atoms with Gasteiger partial charge in [0.1, 0.15) is 18.3 Å². The molecule has 4 atom stereocenters. The summed E-state index contributed by atoms with van der Waals surface area (Å²) in [7, 11) is 0. The van der Waals surface area contributed by atoms with Gasteiger partial charge in [-0.15, -0.1) is 0 Å². The predicted octanol–water partition coefficient (Wildman–Crippen LogP) is 5.33. The first-order valence-electron chi connectivity index (χ1n) is 14.6. The largest absolute Gasteiger partial charge is 0.394 e. The van der Waals surface area contributed by atoms with Crippen LogP contribution in [0.2, 0.25) is 0 Å². The maximum Gasteiger partial charge on any atom is 0.330 e. The standard InChI is InChI=1S/C28H47FN2O6/c1-3-5-7-9-11-13-15-17-28(18-16-14-12-10-8-6-4-2)36-23-22(20-32)35-26(24(23)37-28)31-19-21(29)25(33)30-27(31)34/h19,22-24,26,32H,3-18,20H2,1-2H3,(H,30,33,34)/t22-,23-,24-,26-/m1/s1. The molecule has 0 spiro atoms. The van der Waals surface area contributed by atoms with Gasteiger partial charge in [-0.1, -0.05) is 90.9 Å². The van der Waals surface area contributed by atoms with Crippen LogP contribution in [-0.4, -0.2) is 45.4 Å². The number of unbranched alkanes of at least 4 members (excludes halogenated alkanes) is 12. The lowest BCUT2D eigenvalue weighted by atomic mass is 9.98. The molecule has 37 heavy (non-hydrogen) atoms. The molecular formula is C28H47FN2O6. The van der Waals surface area contributed by atoms with Crippen molar-refractivity contribution in [1.82, 2.24) is 9.55 Å². The number of nitrogens with one attached hydrogen (secondary N) is 1. The molecule has 9 heteroatoms. The van der Waals surface area contributed by atoms with E-state index in [4.69, 9.17) is 14.2 Å².